The molecule has 1 aromatic heterocycles. The Balaban J connectivity index is 3.14. The van der Waals surface area contributed by atoms with Crippen LogP contribution in [0.5, 0.6) is 5.88 Å². The van der Waals surface area contributed by atoms with Gasteiger partial charge in [-0.2, -0.15) is 0 Å². The highest BCUT2D eigenvalue weighted by Gasteiger charge is 2.32. The first-order valence-electron chi connectivity index (χ1n) is 4.44. The molecule has 4 nitrogen and oxygen atoms in total. The molecule has 0 fully saturated rings. The van der Waals surface area contributed by atoms with Gasteiger partial charge in [0.15, 0.2) is 0 Å². The van der Waals surface area contributed by atoms with Gasteiger partial charge in [0.1, 0.15) is 3.70 Å². The van der Waals surface area contributed by atoms with Gasteiger partial charge in [-0.05, 0) is 33.7 Å². The molecule has 0 aliphatic heterocycles. The predicted octanol–water partition coefficient (Wildman–Crippen LogP) is 2.95. The van der Waals surface area contributed by atoms with Gasteiger partial charge in [0.25, 0.3) is 0 Å². The number of hydrogen-bond donors (Lipinski definition) is 1. The number of carbonyl (C=O) groups is 1. The van der Waals surface area contributed by atoms with E-state index in [1.807, 2.05) is 0 Å². The highest BCUT2D eigenvalue weighted by Crippen LogP contribution is 2.27. The van der Waals surface area contributed by atoms with E-state index in [-0.39, 0.29) is 27.1 Å². The number of nitrogens with zero attached hydrogens (tertiary/aromatic N) is 1. The van der Waals surface area contributed by atoms with E-state index in [0.29, 0.717) is 0 Å². The molecule has 0 spiro atoms. The van der Waals surface area contributed by atoms with Crippen molar-refractivity contribution in [3.05, 3.63) is 20.9 Å². The van der Waals surface area contributed by atoms with Crippen molar-refractivity contribution < 1.29 is 27.8 Å². The number of hydrogen-bond acceptors (Lipinski definition) is 3. The summed E-state index contributed by atoms with van der Waals surface area (Å²) >= 11 is 7.21. The molecule has 0 bridgehead atoms. The van der Waals surface area contributed by atoms with E-state index in [9.17, 15) is 18.0 Å². The third-order valence-electron chi connectivity index (χ3n) is 1.83. The molecule has 1 rings (SSSR count). The fourth-order valence-electron chi connectivity index (χ4n) is 1.19. The second-order valence-corrected chi connectivity index (χ2v) is 4.43. The van der Waals surface area contributed by atoms with Crippen LogP contribution in [0.3, 0.4) is 0 Å². The van der Waals surface area contributed by atoms with Crippen LogP contribution in [0.1, 0.15) is 11.1 Å². The number of rotatable bonds is 4. The van der Waals surface area contributed by atoms with E-state index >= 15 is 0 Å². The van der Waals surface area contributed by atoms with Gasteiger partial charge in [-0.15, -0.1) is 24.8 Å². The third kappa shape index (κ3) is 4.48. The molecule has 0 aliphatic rings. The first-order valence-corrected chi connectivity index (χ1v) is 6.06. The Hall–Kier alpha value is -0.770. The standard InChI is InChI=1S/C9H6ClF3INO3/c10-3-4-1-6(18-9(11,12)13)15-8(14)5(4)2-7(16)17/h1H,2-3H2,(H,16,17). The van der Waals surface area contributed by atoms with E-state index in [1.54, 1.807) is 22.6 Å². The van der Waals surface area contributed by atoms with Crippen molar-refractivity contribution in [3.63, 3.8) is 0 Å². The van der Waals surface area contributed by atoms with Gasteiger partial charge in [-0.1, -0.05) is 0 Å². The number of pyridine rings is 1. The summed E-state index contributed by atoms with van der Waals surface area (Å²) in [7, 11) is 0. The average molecular weight is 396 g/mol. The number of carboxylic acids is 1. The molecule has 1 aromatic rings. The minimum atomic E-state index is -4.85. The van der Waals surface area contributed by atoms with Crippen molar-refractivity contribution in [1.29, 1.82) is 0 Å². The fourth-order valence-corrected chi connectivity index (χ4v) is 2.21. The Morgan fingerprint density at radius 2 is 2.17 bits per heavy atom. The molecule has 1 N–H and O–H groups in total. The lowest BCUT2D eigenvalue weighted by molar-refractivity contribution is -0.276. The summed E-state index contributed by atoms with van der Waals surface area (Å²) in [6.07, 6.45) is -5.21. The quantitative estimate of drug-likeness (QED) is 0.484. The molecule has 100 valence electrons. The number of ether oxygens (including phenoxy) is 1. The van der Waals surface area contributed by atoms with Crippen molar-refractivity contribution in [2.45, 2.75) is 18.7 Å². The first-order chi connectivity index (χ1) is 8.23. The summed E-state index contributed by atoms with van der Waals surface area (Å²) in [5.74, 6) is -1.91. The van der Waals surface area contributed by atoms with Crippen LogP contribution in [0.4, 0.5) is 13.2 Å². The van der Waals surface area contributed by atoms with Crippen LogP contribution in [0.25, 0.3) is 0 Å². The van der Waals surface area contributed by atoms with Crippen molar-refractivity contribution >= 4 is 40.2 Å². The van der Waals surface area contributed by atoms with Crippen molar-refractivity contribution in [3.8, 4) is 5.88 Å². The third-order valence-corrected chi connectivity index (χ3v) is 3.02. The summed E-state index contributed by atoms with van der Waals surface area (Å²) in [4.78, 5) is 14.2. The van der Waals surface area contributed by atoms with E-state index in [4.69, 9.17) is 16.7 Å². The second kappa shape index (κ2) is 5.91. The lowest BCUT2D eigenvalue weighted by Gasteiger charge is -2.12. The number of aromatic nitrogens is 1. The van der Waals surface area contributed by atoms with Crippen molar-refractivity contribution in [2.75, 3.05) is 0 Å². The zero-order chi connectivity index (χ0) is 13.9. The lowest BCUT2D eigenvalue weighted by atomic mass is 10.1. The van der Waals surface area contributed by atoms with Crippen LogP contribution in [0.2, 0.25) is 0 Å². The Bertz CT molecular complexity index is 467. The molecule has 0 aliphatic carbocycles. The maximum atomic E-state index is 12.0. The Morgan fingerprint density at radius 1 is 1.56 bits per heavy atom. The molecule has 0 atom stereocenters. The zero-order valence-corrected chi connectivity index (χ0v) is 11.5. The van der Waals surface area contributed by atoms with Crippen LogP contribution in [-0.4, -0.2) is 22.4 Å². The number of carboxylic acid groups (broad SMARTS) is 1. The topological polar surface area (TPSA) is 59.4 Å². The molecule has 9 heteroatoms. The van der Waals surface area contributed by atoms with Crippen molar-refractivity contribution in [2.24, 2.45) is 0 Å². The van der Waals surface area contributed by atoms with E-state index in [1.165, 1.54) is 0 Å². The smallest absolute Gasteiger partial charge is 0.481 e. The van der Waals surface area contributed by atoms with Gasteiger partial charge in [-0.3, -0.25) is 4.79 Å². The maximum absolute atomic E-state index is 12.0. The van der Waals surface area contributed by atoms with E-state index < -0.39 is 18.2 Å². The average Bonchev–Trinajstić information content (AvgIpc) is 2.18. The fraction of sp³-hybridized carbons (Fsp3) is 0.333. The largest absolute Gasteiger partial charge is 0.574 e. The first kappa shape index (κ1) is 15.3. The summed E-state index contributed by atoms with van der Waals surface area (Å²) < 4.78 is 39.9. The highest BCUT2D eigenvalue weighted by molar-refractivity contribution is 14.1. The molecule has 1 heterocycles. The number of alkyl halides is 4. The summed E-state index contributed by atoms with van der Waals surface area (Å²) in [5, 5.41) is 8.68. The lowest BCUT2D eigenvalue weighted by Crippen LogP contribution is -2.19. The van der Waals surface area contributed by atoms with Crippen LogP contribution < -0.4 is 4.74 Å². The van der Waals surface area contributed by atoms with Gasteiger partial charge >= 0.3 is 12.3 Å². The molecule has 0 aromatic carbocycles. The number of halogens is 5. The Labute approximate surface area is 118 Å². The maximum Gasteiger partial charge on any atom is 0.574 e. The Kier molecular flexibility index (Phi) is 5.02. The van der Waals surface area contributed by atoms with Gasteiger partial charge in [0.05, 0.1) is 6.42 Å². The van der Waals surface area contributed by atoms with E-state index in [2.05, 4.69) is 9.72 Å². The number of aliphatic carboxylic acids is 1. The second-order valence-electron chi connectivity index (χ2n) is 3.14. The molecule has 0 saturated carbocycles. The monoisotopic (exact) mass is 395 g/mol. The van der Waals surface area contributed by atoms with Crippen molar-refractivity contribution in [1.82, 2.24) is 4.98 Å². The molecule has 18 heavy (non-hydrogen) atoms. The van der Waals surface area contributed by atoms with Gasteiger partial charge in [0.2, 0.25) is 5.88 Å². The van der Waals surface area contributed by atoms with Gasteiger partial charge < -0.3 is 9.84 Å². The molecular formula is C9H6ClF3INO3. The van der Waals surface area contributed by atoms with E-state index in [0.717, 1.165) is 6.07 Å². The molecule has 0 saturated heterocycles. The molecular weight excluding hydrogens is 389 g/mol. The summed E-state index contributed by atoms with van der Waals surface area (Å²) in [5.41, 5.74) is 0.533. The predicted molar refractivity (Wildman–Crippen MR) is 64.5 cm³/mol. The zero-order valence-electron chi connectivity index (χ0n) is 8.59. The van der Waals surface area contributed by atoms with Crippen LogP contribution in [-0.2, 0) is 17.1 Å². The summed E-state index contributed by atoms with van der Waals surface area (Å²) in [6, 6.07) is 0.987. The normalized spacial score (nSPS) is 11.4. The summed E-state index contributed by atoms with van der Waals surface area (Å²) in [6.45, 7) is 0. The van der Waals surface area contributed by atoms with Crippen LogP contribution in [0.15, 0.2) is 6.07 Å². The SMILES string of the molecule is O=C(O)Cc1c(CCl)cc(OC(F)(F)F)nc1I. The van der Waals surface area contributed by atoms with Gasteiger partial charge in [-0.25, -0.2) is 4.98 Å². The molecule has 0 amide bonds. The van der Waals surface area contributed by atoms with Gasteiger partial charge in [0, 0.05) is 11.9 Å². The molecule has 0 unspecified atom stereocenters. The minimum absolute atomic E-state index is 0.118. The Morgan fingerprint density at radius 3 is 2.61 bits per heavy atom. The van der Waals surface area contributed by atoms with Crippen LogP contribution in [0, 0.1) is 3.70 Å². The molecule has 0 radical (unpaired) electrons. The minimum Gasteiger partial charge on any atom is -0.481 e. The highest BCUT2D eigenvalue weighted by atomic mass is 127. The van der Waals surface area contributed by atoms with Crippen LogP contribution >= 0.6 is 34.2 Å².